The second-order valence-corrected chi connectivity index (χ2v) is 7.46. The Morgan fingerprint density at radius 1 is 1.12 bits per heavy atom. The van der Waals surface area contributed by atoms with E-state index in [0.29, 0.717) is 34.6 Å². The normalized spacial score (nSPS) is 14.9. The predicted molar refractivity (Wildman–Crippen MR) is 124 cm³/mol. The number of amides is 1. The summed E-state index contributed by atoms with van der Waals surface area (Å²) in [6, 6.07) is 16.1. The van der Waals surface area contributed by atoms with E-state index in [9.17, 15) is 4.79 Å². The van der Waals surface area contributed by atoms with Gasteiger partial charge in [-0.15, -0.1) is 5.10 Å². The summed E-state index contributed by atoms with van der Waals surface area (Å²) in [5, 5.41) is 10.9. The van der Waals surface area contributed by atoms with E-state index in [1.807, 2.05) is 49.4 Å². The number of hydrogen-bond donors (Lipinski definition) is 2. The fourth-order valence-electron chi connectivity index (χ4n) is 3.80. The molecule has 9 heteroatoms. The van der Waals surface area contributed by atoms with Crippen LogP contribution in [0.5, 0.6) is 5.75 Å². The molecule has 0 saturated carbocycles. The zero-order valence-corrected chi connectivity index (χ0v) is 18.1. The summed E-state index contributed by atoms with van der Waals surface area (Å²) < 4.78 is 7.15. The summed E-state index contributed by atoms with van der Waals surface area (Å²) in [6.45, 7) is 1.85. The number of allylic oxidation sites excluding steroid dienone is 1. The topological polar surface area (TPSA) is 107 Å². The van der Waals surface area contributed by atoms with Crippen LogP contribution in [0.15, 0.2) is 84.5 Å². The molecule has 0 spiro atoms. The van der Waals surface area contributed by atoms with Crippen LogP contribution in [0.25, 0.3) is 11.4 Å². The van der Waals surface area contributed by atoms with Crippen molar-refractivity contribution >= 4 is 17.7 Å². The smallest absolute Gasteiger partial charge is 0.257 e. The Bertz CT molecular complexity index is 1330. The number of methoxy groups -OCH3 is 1. The van der Waals surface area contributed by atoms with E-state index in [-0.39, 0.29) is 5.91 Å². The summed E-state index contributed by atoms with van der Waals surface area (Å²) in [7, 11) is 1.61. The van der Waals surface area contributed by atoms with Crippen LogP contribution in [0.1, 0.15) is 18.5 Å². The van der Waals surface area contributed by atoms with Gasteiger partial charge in [-0.1, -0.05) is 18.2 Å². The van der Waals surface area contributed by atoms with Crippen molar-refractivity contribution in [3.63, 3.8) is 0 Å². The molecule has 4 heterocycles. The minimum atomic E-state index is -0.530. The first-order valence-electron chi connectivity index (χ1n) is 10.3. The number of carbonyl (C=O) groups is 1. The van der Waals surface area contributed by atoms with Crippen molar-refractivity contribution < 1.29 is 9.53 Å². The van der Waals surface area contributed by atoms with Crippen molar-refractivity contribution in [2.24, 2.45) is 0 Å². The van der Waals surface area contributed by atoms with Crippen molar-refractivity contribution in [2.45, 2.75) is 13.0 Å². The first-order valence-corrected chi connectivity index (χ1v) is 10.3. The van der Waals surface area contributed by atoms with Crippen LogP contribution >= 0.6 is 0 Å². The number of pyridine rings is 2. The molecular weight excluding hydrogens is 418 g/mol. The number of fused-ring (bicyclic) bond motifs is 1. The highest BCUT2D eigenvalue weighted by molar-refractivity contribution is 6.05. The second-order valence-electron chi connectivity index (χ2n) is 7.46. The van der Waals surface area contributed by atoms with Gasteiger partial charge in [0.15, 0.2) is 5.82 Å². The van der Waals surface area contributed by atoms with Gasteiger partial charge in [-0.25, -0.2) is 9.67 Å². The van der Waals surface area contributed by atoms with E-state index in [4.69, 9.17) is 9.84 Å². The van der Waals surface area contributed by atoms with Gasteiger partial charge in [0.25, 0.3) is 5.91 Å². The molecule has 1 aliphatic rings. The molecule has 4 aromatic rings. The van der Waals surface area contributed by atoms with Gasteiger partial charge in [0.1, 0.15) is 17.6 Å². The molecule has 0 fully saturated rings. The summed E-state index contributed by atoms with van der Waals surface area (Å²) in [5.74, 6) is 1.91. The molecule has 0 radical (unpaired) electrons. The number of ether oxygens (including phenoxy) is 1. The molecule has 164 valence electrons. The number of aromatic nitrogens is 5. The van der Waals surface area contributed by atoms with Gasteiger partial charge in [0, 0.05) is 29.9 Å². The maximum absolute atomic E-state index is 13.5. The van der Waals surface area contributed by atoms with Gasteiger partial charge >= 0.3 is 0 Å². The highest BCUT2D eigenvalue weighted by Gasteiger charge is 2.34. The van der Waals surface area contributed by atoms with Gasteiger partial charge in [-0.2, -0.15) is 4.98 Å². The summed E-state index contributed by atoms with van der Waals surface area (Å²) in [6.07, 6.45) is 5.03. The molecule has 9 nitrogen and oxygen atoms in total. The van der Waals surface area contributed by atoms with Gasteiger partial charge in [0.2, 0.25) is 5.95 Å². The summed E-state index contributed by atoms with van der Waals surface area (Å²) in [5.41, 5.74) is 2.80. The van der Waals surface area contributed by atoms with Crippen LogP contribution in [0.3, 0.4) is 0 Å². The minimum absolute atomic E-state index is 0.282. The zero-order valence-electron chi connectivity index (χ0n) is 18.1. The molecule has 2 N–H and O–H groups in total. The molecule has 5 rings (SSSR count). The third kappa shape index (κ3) is 3.91. The predicted octanol–water partition coefficient (Wildman–Crippen LogP) is 3.67. The Labute approximate surface area is 190 Å². The molecular formula is C24H21N7O2. The molecule has 0 bridgehead atoms. The minimum Gasteiger partial charge on any atom is -0.497 e. The highest BCUT2D eigenvalue weighted by Crippen LogP contribution is 2.37. The molecule has 1 unspecified atom stereocenters. The van der Waals surface area contributed by atoms with Crippen LogP contribution in [0.4, 0.5) is 11.8 Å². The molecule has 1 aliphatic heterocycles. The Morgan fingerprint density at radius 3 is 2.79 bits per heavy atom. The van der Waals surface area contributed by atoms with E-state index in [2.05, 4.69) is 25.6 Å². The highest BCUT2D eigenvalue weighted by atomic mass is 16.5. The standard InChI is InChI=1S/C24H21N7O2/c1-15-20(23(32)28-19-10-3-4-12-26-19)21(16-7-5-9-18(13-16)33-2)31-24(27-15)29-22(30-31)17-8-6-11-25-14-17/h3-14,21H,1-2H3,(H,26,28,32)(H,27,29,30). The SMILES string of the molecule is COc1cccc(C2C(C(=O)Nc3ccccn3)=C(C)Nc3nc(-c4cccnc4)nn32)c1. The quantitative estimate of drug-likeness (QED) is 0.489. The number of rotatable bonds is 5. The van der Waals surface area contributed by atoms with E-state index in [0.717, 1.165) is 11.1 Å². The average Bonchev–Trinajstić information content (AvgIpc) is 3.28. The lowest BCUT2D eigenvalue weighted by molar-refractivity contribution is -0.113. The van der Waals surface area contributed by atoms with Gasteiger partial charge in [-0.3, -0.25) is 9.78 Å². The van der Waals surface area contributed by atoms with Crippen LogP contribution in [-0.4, -0.2) is 37.7 Å². The summed E-state index contributed by atoms with van der Waals surface area (Å²) >= 11 is 0. The number of hydrogen-bond acceptors (Lipinski definition) is 7. The van der Waals surface area contributed by atoms with E-state index in [1.54, 1.807) is 42.5 Å². The Balaban J connectivity index is 1.62. The van der Waals surface area contributed by atoms with Crippen molar-refractivity contribution in [3.05, 3.63) is 90.0 Å². The fraction of sp³-hybridized carbons (Fsp3) is 0.125. The monoisotopic (exact) mass is 439 g/mol. The zero-order chi connectivity index (χ0) is 22.8. The lowest BCUT2D eigenvalue weighted by atomic mass is 9.95. The largest absolute Gasteiger partial charge is 0.497 e. The fourth-order valence-corrected chi connectivity index (χ4v) is 3.80. The number of nitrogens with zero attached hydrogens (tertiary/aromatic N) is 5. The summed E-state index contributed by atoms with van der Waals surface area (Å²) in [4.78, 5) is 26.5. The van der Waals surface area contributed by atoms with Gasteiger partial charge in [0.05, 0.1) is 12.7 Å². The van der Waals surface area contributed by atoms with Crippen LogP contribution in [0.2, 0.25) is 0 Å². The van der Waals surface area contributed by atoms with Crippen LogP contribution in [-0.2, 0) is 4.79 Å². The number of nitrogens with one attached hydrogen (secondary N) is 2. The maximum Gasteiger partial charge on any atom is 0.257 e. The third-order valence-corrected chi connectivity index (χ3v) is 5.33. The molecule has 33 heavy (non-hydrogen) atoms. The van der Waals surface area contributed by atoms with Crippen molar-refractivity contribution in [1.82, 2.24) is 24.7 Å². The first kappa shape index (κ1) is 20.4. The Morgan fingerprint density at radius 2 is 2.03 bits per heavy atom. The van der Waals surface area contributed by atoms with Crippen LogP contribution in [0, 0.1) is 0 Å². The van der Waals surface area contributed by atoms with E-state index in [1.165, 1.54) is 0 Å². The van der Waals surface area contributed by atoms with Crippen molar-refractivity contribution in [3.8, 4) is 17.1 Å². The third-order valence-electron chi connectivity index (χ3n) is 5.33. The molecule has 1 aromatic carbocycles. The number of benzene rings is 1. The number of carbonyl (C=O) groups excluding carboxylic acids is 1. The second kappa shape index (κ2) is 8.54. The Hall–Kier alpha value is -4.53. The Kier molecular flexibility index (Phi) is 5.27. The van der Waals surface area contributed by atoms with Crippen molar-refractivity contribution in [2.75, 3.05) is 17.7 Å². The maximum atomic E-state index is 13.5. The van der Waals surface area contributed by atoms with Gasteiger partial charge < -0.3 is 15.4 Å². The first-order chi connectivity index (χ1) is 16.1. The van der Waals surface area contributed by atoms with Crippen molar-refractivity contribution in [1.29, 1.82) is 0 Å². The lowest BCUT2D eigenvalue weighted by Crippen LogP contribution is -2.31. The number of anilines is 2. The van der Waals surface area contributed by atoms with Crippen LogP contribution < -0.4 is 15.4 Å². The average molecular weight is 439 g/mol. The van der Waals surface area contributed by atoms with Gasteiger partial charge in [-0.05, 0) is 48.9 Å². The molecule has 1 atom stereocenters. The van der Waals surface area contributed by atoms with E-state index < -0.39 is 6.04 Å². The molecule has 0 saturated heterocycles. The molecule has 3 aromatic heterocycles. The van der Waals surface area contributed by atoms with E-state index >= 15 is 0 Å². The molecule has 1 amide bonds. The molecule has 0 aliphatic carbocycles. The lowest BCUT2D eigenvalue weighted by Gasteiger charge is -2.28.